The minimum atomic E-state index is -0.440. The summed E-state index contributed by atoms with van der Waals surface area (Å²) in [5, 5.41) is 1.50. The molecular formula is C25H24Cl2FN3O2. The standard InChI is InChI=1S/C25H23ClFN3O2.ClH/c1-29-22-6-4-2-3-5-19(22)20-9-10-23(28-25(20)29)30-12-11-18(14-24(30)31)32-15-16-7-8-17(26)13-21(16)27;/h7-14H,2-6,15H2,1H3;1H. The van der Waals surface area contributed by atoms with E-state index in [1.807, 2.05) is 6.07 Å². The van der Waals surface area contributed by atoms with Gasteiger partial charge in [-0.2, -0.15) is 0 Å². The van der Waals surface area contributed by atoms with Gasteiger partial charge in [-0.05, 0) is 61.6 Å². The number of halogens is 3. The van der Waals surface area contributed by atoms with Gasteiger partial charge in [0.1, 0.15) is 29.6 Å². The van der Waals surface area contributed by atoms with Crippen LogP contribution in [0.4, 0.5) is 4.39 Å². The Hall–Kier alpha value is -2.83. The summed E-state index contributed by atoms with van der Waals surface area (Å²) in [6.07, 6.45) is 7.44. The molecule has 0 aliphatic heterocycles. The fourth-order valence-corrected chi connectivity index (χ4v) is 4.62. The molecule has 0 N–H and O–H groups in total. The monoisotopic (exact) mass is 487 g/mol. The van der Waals surface area contributed by atoms with Crippen LogP contribution >= 0.6 is 24.0 Å². The van der Waals surface area contributed by atoms with E-state index in [9.17, 15) is 9.18 Å². The number of nitrogens with zero attached hydrogens (tertiary/aromatic N) is 3. The molecule has 1 aliphatic rings. The lowest BCUT2D eigenvalue weighted by molar-refractivity contribution is 0.299. The van der Waals surface area contributed by atoms with Crippen molar-refractivity contribution in [1.82, 2.24) is 14.1 Å². The Balaban J connectivity index is 0.00000259. The van der Waals surface area contributed by atoms with Gasteiger partial charge in [0.05, 0.1) is 0 Å². The van der Waals surface area contributed by atoms with Crippen molar-refractivity contribution in [3.8, 4) is 11.6 Å². The highest BCUT2D eigenvalue weighted by Gasteiger charge is 2.18. The van der Waals surface area contributed by atoms with Gasteiger partial charge >= 0.3 is 0 Å². The molecule has 3 heterocycles. The van der Waals surface area contributed by atoms with Crippen LogP contribution in [0.3, 0.4) is 0 Å². The third kappa shape index (κ3) is 4.50. The Morgan fingerprint density at radius 3 is 2.70 bits per heavy atom. The van der Waals surface area contributed by atoms with Crippen molar-refractivity contribution in [1.29, 1.82) is 0 Å². The van der Waals surface area contributed by atoms with Gasteiger partial charge in [-0.1, -0.05) is 24.1 Å². The Morgan fingerprint density at radius 2 is 1.91 bits per heavy atom. The first-order chi connectivity index (χ1) is 15.5. The number of fused-ring (bicyclic) bond motifs is 3. The first-order valence-electron chi connectivity index (χ1n) is 10.8. The molecule has 0 atom stereocenters. The Bertz CT molecular complexity index is 1380. The normalized spacial score (nSPS) is 13.3. The number of pyridine rings is 2. The van der Waals surface area contributed by atoms with Crippen molar-refractivity contribution >= 4 is 35.0 Å². The molecule has 0 amide bonds. The zero-order valence-corrected chi connectivity index (χ0v) is 19.8. The van der Waals surface area contributed by atoms with E-state index in [1.165, 1.54) is 52.6 Å². The molecule has 0 radical (unpaired) electrons. The van der Waals surface area contributed by atoms with Crippen LogP contribution in [0, 0.1) is 5.82 Å². The van der Waals surface area contributed by atoms with Crippen LogP contribution in [-0.2, 0) is 26.5 Å². The van der Waals surface area contributed by atoms with Crippen molar-refractivity contribution in [2.75, 3.05) is 0 Å². The van der Waals surface area contributed by atoms with Crippen molar-refractivity contribution < 1.29 is 9.13 Å². The molecule has 0 unspecified atom stereocenters. The minimum Gasteiger partial charge on any atom is -0.489 e. The van der Waals surface area contributed by atoms with Gasteiger partial charge in [0.15, 0.2) is 0 Å². The van der Waals surface area contributed by atoms with Gasteiger partial charge in [-0.3, -0.25) is 9.36 Å². The van der Waals surface area contributed by atoms with Crippen LogP contribution in [0.2, 0.25) is 5.02 Å². The van der Waals surface area contributed by atoms with E-state index in [0.29, 0.717) is 22.2 Å². The summed E-state index contributed by atoms with van der Waals surface area (Å²) in [5.74, 6) is 0.491. The molecule has 0 saturated carbocycles. The molecule has 8 heteroatoms. The summed E-state index contributed by atoms with van der Waals surface area (Å²) in [4.78, 5) is 17.6. The Morgan fingerprint density at radius 1 is 1.09 bits per heavy atom. The lowest BCUT2D eigenvalue weighted by Gasteiger charge is -2.10. The summed E-state index contributed by atoms with van der Waals surface area (Å²) < 4.78 is 23.2. The molecule has 0 bridgehead atoms. The highest BCUT2D eigenvalue weighted by atomic mass is 35.5. The van der Waals surface area contributed by atoms with Crippen LogP contribution in [0.1, 0.15) is 36.1 Å². The molecule has 172 valence electrons. The second-order valence-corrected chi connectivity index (χ2v) is 8.62. The van der Waals surface area contributed by atoms with Crippen LogP contribution in [0.25, 0.3) is 16.9 Å². The number of hydrogen-bond donors (Lipinski definition) is 0. The number of ether oxygens (including phenoxy) is 1. The maximum Gasteiger partial charge on any atom is 0.259 e. The first kappa shape index (κ1) is 23.3. The van der Waals surface area contributed by atoms with Crippen molar-refractivity contribution in [2.24, 2.45) is 7.05 Å². The average molecular weight is 488 g/mol. The number of hydrogen-bond acceptors (Lipinski definition) is 3. The molecule has 1 aliphatic carbocycles. The number of aryl methyl sites for hydroxylation is 2. The summed E-state index contributed by atoms with van der Waals surface area (Å²) >= 11 is 5.78. The topological polar surface area (TPSA) is 49.0 Å². The maximum atomic E-state index is 13.9. The SMILES string of the molecule is Cl.Cn1c2c(c3ccc(-n4ccc(OCc5ccc(Cl)cc5F)cc4=O)nc31)CCCCC2. The van der Waals surface area contributed by atoms with Crippen LogP contribution in [-0.4, -0.2) is 14.1 Å². The van der Waals surface area contributed by atoms with E-state index in [-0.39, 0.29) is 24.6 Å². The fourth-order valence-electron chi connectivity index (χ4n) is 4.46. The third-order valence-corrected chi connectivity index (χ3v) is 6.38. The molecule has 0 fully saturated rings. The number of rotatable bonds is 4. The molecule has 3 aromatic heterocycles. The molecule has 0 saturated heterocycles. The van der Waals surface area contributed by atoms with E-state index in [1.54, 1.807) is 24.4 Å². The fraction of sp³-hybridized carbons (Fsp3) is 0.280. The van der Waals surface area contributed by atoms with Gasteiger partial charge < -0.3 is 9.30 Å². The van der Waals surface area contributed by atoms with Crippen molar-refractivity contribution in [3.05, 3.63) is 86.7 Å². The maximum absolute atomic E-state index is 13.9. The van der Waals surface area contributed by atoms with E-state index in [4.69, 9.17) is 21.3 Å². The van der Waals surface area contributed by atoms with E-state index in [0.717, 1.165) is 18.5 Å². The highest BCUT2D eigenvalue weighted by Crippen LogP contribution is 2.30. The number of aromatic nitrogens is 3. The van der Waals surface area contributed by atoms with E-state index >= 15 is 0 Å². The van der Waals surface area contributed by atoms with Gasteiger partial charge in [0, 0.05) is 41.0 Å². The summed E-state index contributed by atoms with van der Waals surface area (Å²) in [7, 11) is 2.05. The second-order valence-electron chi connectivity index (χ2n) is 8.18. The van der Waals surface area contributed by atoms with E-state index < -0.39 is 5.82 Å². The van der Waals surface area contributed by atoms with Crippen LogP contribution < -0.4 is 10.3 Å². The zero-order chi connectivity index (χ0) is 22.2. The third-order valence-electron chi connectivity index (χ3n) is 6.14. The highest BCUT2D eigenvalue weighted by molar-refractivity contribution is 6.30. The summed E-state index contributed by atoms with van der Waals surface area (Å²) in [6, 6.07) is 11.4. The van der Waals surface area contributed by atoms with Gasteiger partial charge in [0.25, 0.3) is 5.56 Å². The lowest BCUT2D eigenvalue weighted by Crippen LogP contribution is -2.18. The predicted molar refractivity (Wildman–Crippen MR) is 131 cm³/mol. The lowest BCUT2D eigenvalue weighted by atomic mass is 10.1. The van der Waals surface area contributed by atoms with Crippen molar-refractivity contribution in [3.63, 3.8) is 0 Å². The quantitative estimate of drug-likeness (QED) is 0.342. The second kappa shape index (κ2) is 9.57. The van der Waals surface area contributed by atoms with Crippen molar-refractivity contribution in [2.45, 2.75) is 38.7 Å². The van der Waals surface area contributed by atoms with Crippen LogP contribution in [0.15, 0.2) is 53.5 Å². The van der Waals surface area contributed by atoms with Crippen LogP contribution in [0.5, 0.6) is 5.75 Å². The Kier molecular flexibility index (Phi) is 6.77. The molecular weight excluding hydrogens is 464 g/mol. The van der Waals surface area contributed by atoms with Gasteiger partial charge in [-0.15, -0.1) is 12.4 Å². The minimum absolute atomic E-state index is 0. The number of benzene rings is 1. The zero-order valence-electron chi connectivity index (χ0n) is 18.2. The average Bonchev–Trinajstić information content (AvgIpc) is 2.93. The Labute approximate surface area is 202 Å². The molecule has 33 heavy (non-hydrogen) atoms. The molecule has 5 rings (SSSR count). The van der Waals surface area contributed by atoms with Gasteiger partial charge in [-0.25, -0.2) is 9.37 Å². The first-order valence-corrected chi connectivity index (χ1v) is 11.2. The largest absolute Gasteiger partial charge is 0.489 e. The predicted octanol–water partition coefficient (Wildman–Crippen LogP) is 5.79. The van der Waals surface area contributed by atoms with E-state index in [2.05, 4.69) is 17.7 Å². The molecule has 4 aromatic rings. The summed E-state index contributed by atoms with van der Waals surface area (Å²) in [6.45, 7) is 0.00552. The smallest absolute Gasteiger partial charge is 0.259 e. The molecule has 1 aromatic carbocycles. The van der Waals surface area contributed by atoms with Gasteiger partial charge in [0.2, 0.25) is 0 Å². The molecule has 5 nitrogen and oxygen atoms in total. The molecule has 0 spiro atoms. The summed E-state index contributed by atoms with van der Waals surface area (Å²) in [5.41, 5.74) is 3.76.